The first kappa shape index (κ1) is 14.4. The quantitative estimate of drug-likeness (QED) is 0.831. The Balaban J connectivity index is 1.89. The van der Waals surface area contributed by atoms with E-state index in [1.807, 2.05) is 0 Å². The molecule has 1 aliphatic heterocycles. The number of hydrogen-bond donors (Lipinski definition) is 1. The van der Waals surface area contributed by atoms with E-state index in [2.05, 4.69) is 38.9 Å². The monoisotopic (exact) mass is 290 g/mol. The lowest BCUT2D eigenvalue weighted by atomic mass is 10.4. The van der Waals surface area contributed by atoms with Gasteiger partial charge in [-0.3, -0.25) is 0 Å². The van der Waals surface area contributed by atoms with Gasteiger partial charge < -0.3 is 15.1 Å². The molecule has 1 N–H and O–H groups in total. The summed E-state index contributed by atoms with van der Waals surface area (Å²) in [6.07, 6.45) is 6.12. The van der Waals surface area contributed by atoms with E-state index in [4.69, 9.17) is 4.98 Å². The molecule has 6 heteroatoms. The third-order valence-electron chi connectivity index (χ3n) is 4.04. The van der Waals surface area contributed by atoms with E-state index in [0.717, 1.165) is 44.5 Å². The second-order valence-corrected chi connectivity index (χ2v) is 5.91. The number of nitrogens with one attached hydrogen (secondary N) is 1. The van der Waals surface area contributed by atoms with Crippen molar-refractivity contribution in [3.05, 3.63) is 0 Å². The largest absolute Gasteiger partial charge is 0.354 e. The zero-order chi connectivity index (χ0) is 14.7. The number of hydrogen-bond acceptors (Lipinski definition) is 6. The molecule has 116 valence electrons. The highest BCUT2D eigenvalue weighted by atomic mass is 15.4. The topological polar surface area (TPSA) is 57.2 Å². The van der Waals surface area contributed by atoms with E-state index in [1.54, 1.807) is 0 Å². The highest BCUT2D eigenvalue weighted by molar-refractivity contribution is 5.47. The van der Waals surface area contributed by atoms with Gasteiger partial charge in [0.2, 0.25) is 17.8 Å². The van der Waals surface area contributed by atoms with E-state index in [0.29, 0.717) is 12.0 Å². The normalized spacial score (nSPS) is 18.1. The van der Waals surface area contributed by atoms with Crippen molar-refractivity contribution in [2.24, 2.45) is 0 Å². The number of nitrogens with zero attached hydrogens (tertiary/aromatic N) is 5. The molecule has 1 aromatic heterocycles. The molecule has 1 aliphatic carbocycles. The van der Waals surface area contributed by atoms with Gasteiger partial charge in [-0.15, -0.1) is 0 Å². The number of aromatic nitrogens is 3. The fraction of sp³-hybridized carbons (Fsp3) is 0.800. The smallest absolute Gasteiger partial charge is 0.232 e. The molecule has 6 nitrogen and oxygen atoms in total. The Morgan fingerprint density at radius 1 is 1.14 bits per heavy atom. The van der Waals surface area contributed by atoms with Crippen LogP contribution in [0.1, 0.15) is 46.0 Å². The summed E-state index contributed by atoms with van der Waals surface area (Å²) in [5, 5.41) is 3.25. The first-order valence-corrected chi connectivity index (χ1v) is 8.33. The van der Waals surface area contributed by atoms with Crippen molar-refractivity contribution < 1.29 is 0 Å². The third kappa shape index (κ3) is 3.36. The lowest BCUT2D eigenvalue weighted by Crippen LogP contribution is -2.30. The predicted octanol–water partition coefficient (Wildman–Crippen LogP) is 2.28. The van der Waals surface area contributed by atoms with Crippen LogP contribution in [0, 0.1) is 0 Å². The minimum absolute atomic E-state index is 0.633. The summed E-state index contributed by atoms with van der Waals surface area (Å²) in [5.41, 5.74) is 0. The van der Waals surface area contributed by atoms with Crippen LogP contribution in [0.25, 0.3) is 0 Å². The molecule has 1 saturated heterocycles. The van der Waals surface area contributed by atoms with Crippen LogP contribution in [-0.2, 0) is 0 Å². The highest BCUT2D eigenvalue weighted by Gasteiger charge is 2.31. The fourth-order valence-electron chi connectivity index (χ4n) is 2.85. The van der Waals surface area contributed by atoms with E-state index in [9.17, 15) is 0 Å². The van der Waals surface area contributed by atoms with Gasteiger partial charge in [0, 0.05) is 32.2 Å². The van der Waals surface area contributed by atoms with Crippen molar-refractivity contribution in [3.8, 4) is 0 Å². The molecule has 0 radical (unpaired) electrons. The van der Waals surface area contributed by atoms with Crippen LogP contribution < -0.4 is 15.1 Å². The molecule has 0 spiro atoms. The van der Waals surface area contributed by atoms with Gasteiger partial charge in [0.25, 0.3) is 0 Å². The predicted molar refractivity (Wildman–Crippen MR) is 86.1 cm³/mol. The molecule has 2 heterocycles. The highest BCUT2D eigenvalue weighted by Crippen LogP contribution is 2.31. The van der Waals surface area contributed by atoms with Crippen LogP contribution in [-0.4, -0.2) is 47.2 Å². The fourth-order valence-corrected chi connectivity index (χ4v) is 2.85. The van der Waals surface area contributed by atoms with Gasteiger partial charge in [0.15, 0.2) is 0 Å². The average Bonchev–Trinajstić information content (AvgIpc) is 3.17. The van der Waals surface area contributed by atoms with E-state index in [-0.39, 0.29) is 0 Å². The van der Waals surface area contributed by atoms with Gasteiger partial charge in [-0.1, -0.05) is 6.92 Å². The lowest BCUT2D eigenvalue weighted by molar-refractivity contribution is 0.727. The molecule has 0 amide bonds. The number of rotatable bonds is 7. The molecule has 0 unspecified atom stereocenters. The maximum Gasteiger partial charge on any atom is 0.232 e. The van der Waals surface area contributed by atoms with E-state index in [1.165, 1.54) is 25.7 Å². The van der Waals surface area contributed by atoms with E-state index < -0.39 is 0 Å². The zero-order valence-electron chi connectivity index (χ0n) is 13.2. The van der Waals surface area contributed by atoms with Crippen LogP contribution in [0.3, 0.4) is 0 Å². The molecule has 2 fully saturated rings. The summed E-state index contributed by atoms with van der Waals surface area (Å²) in [6, 6.07) is 0.633. The number of anilines is 3. The summed E-state index contributed by atoms with van der Waals surface area (Å²) in [7, 11) is 0. The van der Waals surface area contributed by atoms with Gasteiger partial charge >= 0.3 is 0 Å². The van der Waals surface area contributed by atoms with Crippen molar-refractivity contribution in [1.29, 1.82) is 0 Å². The van der Waals surface area contributed by atoms with Crippen molar-refractivity contribution >= 4 is 17.8 Å². The first-order chi connectivity index (χ1) is 10.3. The maximum absolute atomic E-state index is 4.77. The van der Waals surface area contributed by atoms with Crippen molar-refractivity contribution in [2.75, 3.05) is 41.3 Å². The first-order valence-electron chi connectivity index (χ1n) is 8.33. The second-order valence-electron chi connectivity index (χ2n) is 5.91. The minimum Gasteiger partial charge on any atom is -0.354 e. The summed E-state index contributed by atoms with van der Waals surface area (Å²) in [4.78, 5) is 18.6. The molecule has 0 atom stereocenters. The van der Waals surface area contributed by atoms with Gasteiger partial charge in [-0.05, 0) is 39.0 Å². The van der Waals surface area contributed by atoms with Gasteiger partial charge in [-0.2, -0.15) is 15.0 Å². The molecule has 0 aromatic carbocycles. The molecule has 2 aliphatic rings. The Morgan fingerprint density at radius 3 is 2.52 bits per heavy atom. The summed E-state index contributed by atoms with van der Waals surface area (Å²) >= 11 is 0. The third-order valence-corrected chi connectivity index (χ3v) is 4.04. The SMILES string of the molecule is CCCN(c1nc(NCC)nc(N2CCCC2)n1)C1CC1. The molecule has 3 rings (SSSR count). The molecule has 0 bridgehead atoms. The van der Waals surface area contributed by atoms with Crippen LogP contribution in [0.4, 0.5) is 17.8 Å². The zero-order valence-corrected chi connectivity index (χ0v) is 13.2. The van der Waals surface area contributed by atoms with E-state index >= 15 is 0 Å². The van der Waals surface area contributed by atoms with Gasteiger partial charge in [0.05, 0.1) is 0 Å². The summed E-state index contributed by atoms with van der Waals surface area (Å²) < 4.78 is 0. The standard InChI is InChI=1S/C15H26N6/c1-3-9-21(12-7-8-12)15-18-13(16-4-2)17-14(19-15)20-10-5-6-11-20/h12H,3-11H2,1-2H3,(H,16,17,18,19). The molecule has 1 aromatic rings. The molecular weight excluding hydrogens is 264 g/mol. The van der Waals surface area contributed by atoms with Crippen molar-refractivity contribution in [3.63, 3.8) is 0 Å². The van der Waals surface area contributed by atoms with Gasteiger partial charge in [0.1, 0.15) is 0 Å². The molecule has 21 heavy (non-hydrogen) atoms. The Morgan fingerprint density at radius 2 is 1.90 bits per heavy atom. The lowest BCUT2D eigenvalue weighted by Gasteiger charge is -2.24. The Bertz CT molecular complexity index is 467. The van der Waals surface area contributed by atoms with Crippen LogP contribution in [0.5, 0.6) is 0 Å². The summed E-state index contributed by atoms with van der Waals surface area (Å²) in [6.45, 7) is 8.27. The van der Waals surface area contributed by atoms with Crippen LogP contribution in [0.2, 0.25) is 0 Å². The Kier molecular flexibility index (Phi) is 4.41. The average molecular weight is 290 g/mol. The van der Waals surface area contributed by atoms with Crippen LogP contribution >= 0.6 is 0 Å². The second kappa shape index (κ2) is 6.45. The molecular formula is C15H26N6. The van der Waals surface area contributed by atoms with Crippen molar-refractivity contribution in [2.45, 2.75) is 52.0 Å². The minimum atomic E-state index is 0.633. The van der Waals surface area contributed by atoms with Crippen LogP contribution in [0.15, 0.2) is 0 Å². The molecule has 1 saturated carbocycles. The van der Waals surface area contributed by atoms with Crippen molar-refractivity contribution in [1.82, 2.24) is 15.0 Å². The maximum atomic E-state index is 4.77. The van der Waals surface area contributed by atoms with Gasteiger partial charge in [-0.25, -0.2) is 0 Å². The Hall–Kier alpha value is -1.59. The Labute approximate surface area is 127 Å². The summed E-state index contributed by atoms with van der Waals surface area (Å²) in [5.74, 6) is 2.41.